The molecule has 2 aromatic rings. The van der Waals surface area contributed by atoms with Crippen LogP contribution in [0.5, 0.6) is 5.75 Å². The molecular weight excluding hydrogens is 327 g/mol. The van der Waals surface area contributed by atoms with Gasteiger partial charge in [0.15, 0.2) is 5.56 Å². The molecule has 1 fully saturated rings. The molecule has 0 saturated carbocycles. The summed E-state index contributed by atoms with van der Waals surface area (Å²) >= 11 is 0. The van der Waals surface area contributed by atoms with Crippen molar-refractivity contribution >= 4 is 11.7 Å². The SMILES string of the molecule is CCc1c(-c2ccc(N3CCCC3)cc2F)[nH]c(=O)c(C(=O)O)c1O. The second-order valence-electron chi connectivity index (χ2n) is 6.05. The Morgan fingerprint density at radius 1 is 1.32 bits per heavy atom. The zero-order chi connectivity index (χ0) is 18.1. The van der Waals surface area contributed by atoms with Crippen molar-refractivity contribution in [3.63, 3.8) is 0 Å². The first-order valence-electron chi connectivity index (χ1n) is 8.20. The minimum atomic E-state index is -1.52. The smallest absolute Gasteiger partial charge is 0.345 e. The van der Waals surface area contributed by atoms with Gasteiger partial charge in [0, 0.05) is 29.9 Å². The Hall–Kier alpha value is -2.83. The van der Waals surface area contributed by atoms with Crippen LogP contribution in [0.4, 0.5) is 10.1 Å². The van der Waals surface area contributed by atoms with E-state index in [-0.39, 0.29) is 23.2 Å². The van der Waals surface area contributed by atoms with E-state index >= 15 is 0 Å². The van der Waals surface area contributed by atoms with Gasteiger partial charge in [-0.3, -0.25) is 4.79 Å². The van der Waals surface area contributed by atoms with Crippen LogP contribution in [0.25, 0.3) is 11.3 Å². The number of anilines is 1. The van der Waals surface area contributed by atoms with Crippen LogP contribution in [0.3, 0.4) is 0 Å². The molecule has 1 saturated heterocycles. The molecule has 0 radical (unpaired) electrons. The number of rotatable bonds is 4. The molecule has 25 heavy (non-hydrogen) atoms. The lowest BCUT2D eigenvalue weighted by Gasteiger charge is -2.19. The Morgan fingerprint density at radius 2 is 2.00 bits per heavy atom. The number of carboxylic acid groups (broad SMARTS) is 1. The molecule has 0 atom stereocenters. The molecule has 6 nitrogen and oxygen atoms in total. The highest BCUT2D eigenvalue weighted by Gasteiger charge is 2.23. The maximum absolute atomic E-state index is 14.7. The minimum absolute atomic E-state index is 0.112. The number of nitrogens with one attached hydrogen (secondary N) is 1. The van der Waals surface area contributed by atoms with Gasteiger partial charge in [0.05, 0.1) is 5.69 Å². The summed E-state index contributed by atoms with van der Waals surface area (Å²) in [5.41, 5.74) is -0.477. The predicted octanol–water partition coefficient (Wildman–Crippen LogP) is 2.75. The molecule has 1 aliphatic heterocycles. The number of carboxylic acids is 1. The Morgan fingerprint density at radius 3 is 2.56 bits per heavy atom. The van der Waals surface area contributed by atoms with Crippen LogP contribution in [-0.4, -0.2) is 34.3 Å². The van der Waals surface area contributed by atoms with E-state index in [4.69, 9.17) is 5.11 Å². The minimum Gasteiger partial charge on any atom is -0.506 e. The number of pyridine rings is 1. The maximum atomic E-state index is 14.7. The highest BCUT2D eigenvalue weighted by Crippen LogP contribution is 2.33. The van der Waals surface area contributed by atoms with Crippen LogP contribution in [0.1, 0.15) is 35.7 Å². The summed E-state index contributed by atoms with van der Waals surface area (Å²) in [5.74, 6) is -2.67. The van der Waals surface area contributed by atoms with Crippen LogP contribution in [0.2, 0.25) is 0 Å². The largest absolute Gasteiger partial charge is 0.506 e. The van der Waals surface area contributed by atoms with Gasteiger partial charge in [-0.05, 0) is 37.5 Å². The fraction of sp³-hybridized carbons (Fsp3) is 0.333. The van der Waals surface area contributed by atoms with Gasteiger partial charge in [-0.15, -0.1) is 0 Å². The summed E-state index contributed by atoms with van der Waals surface area (Å²) in [5, 5.41) is 19.2. The number of aromatic amines is 1. The average Bonchev–Trinajstić information content (AvgIpc) is 3.08. The number of hydrogen-bond donors (Lipinski definition) is 3. The summed E-state index contributed by atoms with van der Waals surface area (Å²) in [7, 11) is 0. The number of aromatic carboxylic acids is 1. The first-order valence-corrected chi connectivity index (χ1v) is 8.20. The lowest BCUT2D eigenvalue weighted by atomic mass is 10.00. The quantitative estimate of drug-likeness (QED) is 0.791. The van der Waals surface area contributed by atoms with Gasteiger partial charge in [0.1, 0.15) is 11.6 Å². The molecule has 0 bridgehead atoms. The van der Waals surface area contributed by atoms with Gasteiger partial charge in [0.2, 0.25) is 0 Å². The summed E-state index contributed by atoms with van der Waals surface area (Å²) < 4.78 is 14.7. The van der Waals surface area contributed by atoms with Gasteiger partial charge in [-0.1, -0.05) is 6.92 Å². The normalized spacial score (nSPS) is 14.1. The molecule has 1 aromatic carbocycles. The van der Waals surface area contributed by atoms with Gasteiger partial charge < -0.3 is 20.1 Å². The van der Waals surface area contributed by atoms with E-state index in [1.54, 1.807) is 19.1 Å². The van der Waals surface area contributed by atoms with Gasteiger partial charge in [-0.2, -0.15) is 0 Å². The van der Waals surface area contributed by atoms with Crippen LogP contribution >= 0.6 is 0 Å². The Bertz CT molecular complexity index is 885. The van der Waals surface area contributed by atoms with Gasteiger partial charge >= 0.3 is 5.97 Å². The number of nitrogens with zero attached hydrogens (tertiary/aromatic N) is 1. The van der Waals surface area contributed by atoms with E-state index in [0.29, 0.717) is 0 Å². The second kappa shape index (κ2) is 6.58. The van der Waals surface area contributed by atoms with Crippen LogP contribution < -0.4 is 10.5 Å². The fourth-order valence-corrected chi connectivity index (χ4v) is 3.28. The highest BCUT2D eigenvalue weighted by molar-refractivity contribution is 5.92. The number of halogens is 1. The molecule has 0 amide bonds. The molecular formula is C18H19FN2O4. The first kappa shape index (κ1) is 17.0. The molecule has 132 valence electrons. The van der Waals surface area contributed by atoms with Crippen LogP contribution in [-0.2, 0) is 6.42 Å². The lowest BCUT2D eigenvalue weighted by Crippen LogP contribution is -2.20. The number of benzene rings is 1. The molecule has 1 aliphatic rings. The monoisotopic (exact) mass is 346 g/mol. The lowest BCUT2D eigenvalue weighted by molar-refractivity contribution is 0.0691. The van der Waals surface area contributed by atoms with Crippen molar-refractivity contribution in [2.75, 3.05) is 18.0 Å². The first-order chi connectivity index (χ1) is 11.9. The third-order valence-corrected chi connectivity index (χ3v) is 4.55. The number of H-pyrrole nitrogens is 1. The second-order valence-corrected chi connectivity index (χ2v) is 6.05. The molecule has 0 aliphatic carbocycles. The van der Waals surface area contributed by atoms with Crippen molar-refractivity contribution in [3.05, 3.63) is 45.5 Å². The zero-order valence-electron chi connectivity index (χ0n) is 13.8. The van der Waals surface area contributed by atoms with Crippen molar-refractivity contribution in [3.8, 4) is 17.0 Å². The van der Waals surface area contributed by atoms with E-state index in [9.17, 15) is 19.1 Å². The highest BCUT2D eigenvalue weighted by atomic mass is 19.1. The van der Waals surface area contributed by atoms with Crippen molar-refractivity contribution < 1.29 is 19.4 Å². The van der Waals surface area contributed by atoms with Crippen molar-refractivity contribution in [2.45, 2.75) is 26.2 Å². The number of aromatic hydroxyl groups is 1. The van der Waals surface area contributed by atoms with E-state index in [2.05, 4.69) is 9.88 Å². The Labute approximate surface area is 143 Å². The Balaban J connectivity index is 2.13. The molecule has 1 aromatic heterocycles. The summed E-state index contributed by atoms with van der Waals surface area (Å²) in [6.07, 6.45) is 2.38. The van der Waals surface area contributed by atoms with E-state index < -0.39 is 28.7 Å². The number of hydrogen-bond acceptors (Lipinski definition) is 4. The maximum Gasteiger partial charge on any atom is 0.345 e. The molecule has 3 rings (SSSR count). The van der Waals surface area contributed by atoms with E-state index in [1.807, 2.05) is 0 Å². The van der Waals surface area contributed by atoms with Gasteiger partial charge in [0.25, 0.3) is 5.56 Å². The molecule has 0 unspecified atom stereocenters. The van der Waals surface area contributed by atoms with Crippen molar-refractivity contribution in [1.82, 2.24) is 4.98 Å². The van der Waals surface area contributed by atoms with Crippen molar-refractivity contribution in [1.29, 1.82) is 0 Å². The molecule has 0 spiro atoms. The van der Waals surface area contributed by atoms with Crippen LogP contribution in [0, 0.1) is 5.82 Å². The number of carbonyl (C=O) groups is 1. The average molecular weight is 346 g/mol. The third-order valence-electron chi connectivity index (χ3n) is 4.55. The predicted molar refractivity (Wildman–Crippen MR) is 91.9 cm³/mol. The van der Waals surface area contributed by atoms with Gasteiger partial charge in [-0.25, -0.2) is 9.18 Å². The number of aromatic nitrogens is 1. The molecule has 3 N–H and O–H groups in total. The Kier molecular flexibility index (Phi) is 4.48. The molecule has 7 heteroatoms. The summed E-state index contributed by atoms with van der Waals surface area (Å²) in [6, 6.07) is 4.72. The zero-order valence-corrected chi connectivity index (χ0v) is 13.8. The topological polar surface area (TPSA) is 93.6 Å². The van der Waals surface area contributed by atoms with E-state index in [0.717, 1.165) is 31.6 Å². The summed E-state index contributed by atoms with van der Waals surface area (Å²) in [4.78, 5) is 27.7. The van der Waals surface area contributed by atoms with E-state index in [1.165, 1.54) is 6.07 Å². The van der Waals surface area contributed by atoms with Crippen molar-refractivity contribution in [2.24, 2.45) is 0 Å². The molecule has 2 heterocycles. The third kappa shape index (κ3) is 2.97. The standard InChI is InChI=1S/C18H19FN2O4/c1-2-11-15(20-17(23)14(16(11)22)18(24)25)12-6-5-10(9-13(12)19)21-7-3-4-8-21/h5-6,9H,2-4,7-8H2,1H3,(H,24,25)(H2,20,22,23). The summed E-state index contributed by atoms with van der Waals surface area (Å²) in [6.45, 7) is 3.45. The fourth-order valence-electron chi connectivity index (χ4n) is 3.28. The van der Waals surface area contributed by atoms with Crippen LogP contribution in [0.15, 0.2) is 23.0 Å².